The van der Waals surface area contributed by atoms with E-state index in [9.17, 15) is 4.79 Å². The van der Waals surface area contributed by atoms with E-state index in [4.69, 9.17) is 4.42 Å². The van der Waals surface area contributed by atoms with Crippen LogP contribution in [0.25, 0.3) is 22.6 Å². The number of benzene rings is 3. The fourth-order valence-corrected chi connectivity index (χ4v) is 3.55. The van der Waals surface area contributed by atoms with E-state index in [-0.39, 0.29) is 11.3 Å². The Kier molecular flexibility index (Phi) is 4.94. The van der Waals surface area contributed by atoms with Gasteiger partial charge in [-0.1, -0.05) is 45.0 Å². The van der Waals surface area contributed by atoms with Crippen molar-refractivity contribution < 1.29 is 9.21 Å². The highest BCUT2D eigenvalue weighted by molar-refractivity contribution is 6.04. The largest absolute Gasteiger partial charge is 0.436 e. The molecule has 0 aliphatic heterocycles. The number of carbonyl (C=O) groups is 1. The fraction of sp³-hybridized carbons (Fsp3) is 0.231. The first-order chi connectivity index (χ1) is 14.2. The molecule has 0 aliphatic carbocycles. The van der Waals surface area contributed by atoms with Crippen molar-refractivity contribution in [3.8, 4) is 11.5 Å². The summed E-state index contributed by atoms with van der Waals surface area (Å²) in [5.74, 6) is 0.404. The molecule has 0 saturated heterocycles. The minimum atomic E-state index is -0.142. The number of oxazole rings is 1. The molecule has 4 nitrogen and oxygen atoms in total. The van der Waals surface area contributed by atoms with Gasteiger partial charge < -0.3 is 9.73 Å². The van der Waals surface area contributed by atoms with Crippen LogP contribution in [0.2, 0.25) is 0 Å². The van der Waals surface area contributed by atoms with Crippen LogP contribution in [0.15, 0.2) is 65.1 Å². The summed E-state index contributed by atoms with van der Waals surface area (Å²) >= 11 is 0. The average molecular weight is 399 g/mol. The number of aryl methyl sites for hydroxylation is 2. The van der Waals surface area contributed by atoms with Gasteiger partial charge in [0.25, 0.3) is 5.91 Å². The van der Waals surface area contributed by atoms with Crippen molar-refractivity contribution in [3.63, 3.8) is 0 Å². The highest BCUT2D eigenvalue weighted by Gasteiger charge is 2.15. The maximum Gasteiger partial charge on any atom is 0.255 e. The third-order valence-corrected chi connectivity index (χ3v) is 5.20. The van der Waals surface area contributed by atoms with Gasteiger partial charge in [0.15, 0.2) is 5.58 Å². The molecule has 4 rings (SSSR count). The second-order valence-electron chi connectivity index (χ2n) is 8.81. The molecule has 3 aromatic carbocycles. The second kappa shape index (κ2) is 7.45. The van der Waals surface area contributed by atoms with Crippen LogP contribution in [0.3, 0.4) is 0 Å². The number of carbonyl (C=O) groups excluding carboxylic acids is 1. The lowest BCUT2D eigenvalue weighted by atomic mass is 9.87. The summed E-state index contributed by atoms with van der Waals surface area (Å²) in [7, 11) is 0. The van der Waals surface area contributed by atoms with Gasteiger partial charge in [0, 0.05) is 16.8 Å². The van der Waals surface area contributed by atoms with Crippen LogP contribution >= 0.6 is 0 Å². The van der Waals surface area contributed by atoms with E-state index in [2.05, 4.69) is 37.1 Å². The van der Waals surface area contributed by atoms with E-state index < -0.39 is 0 Å². The third-order valence-electron chi connectivity index (χ3n) is 5.20. The number of amides is 1. The maximum atomic E-state index is 12.7. The number of nitrogens with zero attached hydrogens (tertiary/aromatic N) is 1. The predicted molar refractivity (Wildman–Crippen MR) is 122 cm³/mol. The van der Waals surface area contributed by atoms with Gasteiger partial charge in [0.05, 0.1) is 0 Å². The number of hydrogen-bond acceptors (Lipinski definition) is 3. The van der Waals surface area contributed by atoms with E-state index >= 15 is 0 Å². The molecule has 0 saturated carbocycles. The van der Waals surface area contributed by atoms with Gasteiger partial charge in [-0.15, -0.1) is 0 Å². The number of fused-ring (bicyclic) bond motifs is 1. The SMILES string of the molecule is Cc1cc(C)c2oc(-c3cccc(NC(=O)c4ccc(C(C)(C)C)cc4)c3)nc2c1. The predicted octanol–water partition coefficient (Wildman–Crippen LogP) is 6.66. The summed E-state index contributed by atoms with van der Waals surface area (Å²) in [5, 5.41) is 2.97. The third kappa shape index (κ3) is 3.99. The van der Waals surface area contributed by atoms with E-state index in [1.807, 2.05) is 68.4 Å². The van der Waals surface area contributed by atoms with Gasteiger partial charge in [0.1, 0.15) is 5.52 Å². The molecule has 1 heterocycles. The van der Waals surface area contributed by atoms with Crippen LogP contribution < -0.4 is 5.32 Å². The number of nitrogens with one attached hydrogen (secondary N) is 1. The van der Waals surface area contributed by atoms with Crippen molar-refractivity contribution in [1.29, 1.82) is 0 Å². The Labute approximate surface area is 177 Å². The highest BCUT2D eigenvalue weighted by atomic mass is 16.3. The van der Waals surface area contributed by atoms with Crippen LogP contribution in [0.4, 0.5) is 5.69 Å². The molecular weight excluding hydrogens is 372 g/mol. The van der Waals surface area contributed by atoms with Crippen LogP contribution in [0, 0.1) is 13.8 Å². The van der Waals surface area contributed by atoms with Crippen LogP contribution in [-0.4, -0.2) is 10.9 Å². The van der Waals surface area contributed by atoms with Gasteiger partial charge in [0.2, 0.25) is 5.89 Å². The summed E-state index contributed by atoms with van der Waals surface area (Å²) in [5.41, 5.74) is 7.26. The van der Waals surface area contributed by atoms with Crippen LogP contribution in [0.1, 0.15) is 47.8 Å². The molecule has 1 aromatic heterocycles. The second-order valence-corrected chi connectivity index (χ2v) is 8.81. The van der Waals surface area contributed by atoms with Crippen molar-refractivity contribution in [2.75, 3.05) is 5.32 Å². The van der Waals surface area contributed by atoms with Gasteiger partial charge in [-0.25, -0.2) is 4.98 Å². The average Bonchev–Trinajstić information content (AvgIpc) is 3.12. The van der Waals surface area contributed by atoms with Gasteiger partial charge in [-0.05, 0) is 72.4 Å². The first kappa shape index (κ1) is 19.9. The van der Waals surface area contributed by atoms with Gasteiger partial charge >= 0.3 is 0 Å². The molecule has 0 aliphatic rings. The zero-order valence-corrected chi connectivity index (χ0v) is 18.0. The van der Waals surface area contributed by atoms with E-state index in [0.717, 1.165) is 27.8 Å². The Morgan fingerprint density at radius 2 is 1.70 bits per heavy atom. The molecule has 0 bridgehead atoms. The highest BCUT2D eigenvalue weighted by Crippen LogP contribution is 2.29. The molecular formula is C26H26N2O2. The van der Waals surface area contributed by atoms with E-state index in [1.54, 1.807) is 0 Å². The molecule has 4 heteroatoms. The monoisotopic (exact) mass is 398 g/mol. The molecule has 152 valence electrons. The van der Waals surface area contributed by atoms with Crippen molar-refractivity contribution in [2.45, 2.75) is 40.0 Å². The standard InChI is InChI=1S/C26H26N2O2/c1-16-13-17(2)23-22(14-16)28-25(30-23)19-7-6-8-21(15-19)27-24(29)18-9-11-20(12-10-18)26(3,4)5/h6-15H,1-5H3,(H,27,29). The van der Waals surface area contributed by atoms with Crippen molar-refractivity contribution in [2.24, 2.45) is 0 Å². The lowest BCUT2D eigenvalue weighted by Gasteiger charge is -2.19. The number of rotatable bonds is 3. The quantitative estimate of drug-likeness (QED) is 0.420. The summed E-state index contributed by atoms with van der Waals surface area (Å²) in [6.07, 6.45) is 0. The first-order valence-corrected chi connectivity index (χ1v) is 10.1. The van der Waals surface area contributed by atoms with Crippen molar-refractivity contribution in [1.82, 2.24) is 4.98 Å². The minimum absolute atomic E-state index is 0.0554. The fourth-order valence-electron chi connectivity index (χ4n) is 3.55. The summed E-state index contributed by atoms with van der Waals surface area (Å²) < 4.78 is 6.01. The van der Waals surface area contributed by atoms with E-state index in [0.29, 0.717) is 17.1 Å². The zero-order valence-electron chi connectivity index (χ0n) is 18.0. The first-order valence-electron chi connectivity index (χ1n) is 10.1. The number of hydrogen-bond donors (Lipinski definition) is 1. The molecule has 1 amide bonds. The minimum Gasteiger partial charge on any atom is -0.436 e. The zero-order chi connectivity index (χ0) is 21.5. The Bertz CT molecular complexity index is 1230. The van der Waals surface area contributed by atoms with Crippen LogP contribution in [-0.2, 0) is 5.41 Å². The lowest BCUT2D eigenvalue weighted by Crippen LogP contribution is -2.14. The molecule has 0 radical (unpaired) electrons. The Morgan fingerprint density at radius 1 is 0.967 bits per heavy atom. The molecule has 4 aromatic rings. The smallest absolute Gasteiger partial charge is 0.255 e. The van der Waals surface area contributed by atoms with E-state index in [1.165, 1.54) is 5.56 Å². The lowest BCUT2D eigenvalue weighted by molar-refractivity contribution is 0.102. The molecule has 0 spiro atoms. The summed E-state index contributed by atoms with van der Waals surface area (Å²) in [6, 6.07) is 19.4. The van der Waals surface area contributed by atoms with Gasteiger partial charge in [-0.2, -0.15) is 0 Å². The topological polar surface area (TPSA) is 55.1 Å². The Hall–Kier alpha value is -3.40. The number of anilines is 1. The molecule has 0 unspecified atom stereocenters. The summed E-state index contributed by atoms with van der Waals surface area (Å²) in [6.45, 7) is 10.5. The number of aromatic nitrogens is 1. The Morgan fingerprint density at radius 3 is 2.40 bits per heavy atom. The van der Waals surface area contributed by atoms with Crippen molar-refractivity contribution in [3.05, 3.63) is 82.9 Å². The van der Waals surface area contributed by atoms with Crippen molar-refractivity contribution >= 4 is 22.7 Å². The normalized spacial score (nSPS) is 11.6. The molecule has 0 fully saturated rings. The molecule has 30 heavy (non-hydrogen) atoms. The van der Waals surface area contributed by atoms with Crippen LogP contribution in [0.5, 0.6) is 0 Å². The Balaban J connectivity index is 1.58. The van der Waals surface area contributed by atoms with Gasteiger partial charge in [-0.3, -0.25) is 4.79 Å². The molecule has 0 atom stereocenters. The summed E-state index contributed by atoms with van der Waals surface area (Å²) in [4.78, 5) is 17.3. The maximum absolute atomic E-state index is 12.7. The molecule has 1 N–H and O–H groups in total.